The zero-order valence-corrected chi connectivity index (χ0v) is 14.4. The van der Waals surface area contributed by atoms with Crippen LogP contribution in [0, 0.1) is 6.92 Å². The lowest BCUT2D eigenvalue weighted by Crippen LogP contribution is -2.40. The summed E-state index contributed by atoms with van der Waals surface area (Å²) < 4.78 is 7.19. The average molecular weight is 331 g/mol. The summed E-state index contributed by atoms with van der Waals surface area (Å²) in [6.07, 6.45) is 8.72. The van der Waals surface area contributed by atoms with Gasteiger partial charge in [-0.15, -0.1) is 0 Å². The van der Waals surface area contributed by atoms with Crippen LogP contribution in [0.2, 0.25) is 0 Å². The van der Waals surface area contributed by atoms with Gasteiger partial charge in [-0.3, -0.25) is 9.48 Å². The molecular formula is C17H25N5O2. The molecule has 7 nitrogen and oxygen atoms in total. The molecule has 1 saturated heterocycles. The maximum atomic E-state index is 12.5. The van der Waals surface area contributed by atoms with Gasteiger partial charge in [0, 0.05) is 38.5 Å². The van der Waals surface area contributed by atoms with Crippen LogP contribution >= 0.6 is 0 Å². The molecule has 2 aromatic rings. The lowest BCUT2D eigenvalue weighted by molar-refractivity contribution is -0.132. The van der Waals surface area contributed by atoms with Crippen molar-refractivity contribution in [3.05, 3.63) is 29.7 Å². The molecule has 0 aromatic carbocycles. The smallest absolute Gasteiger partial charge is 0.227 e. The van der Waals surface area contributed by atoms with Crippen molar-refractivity contribution in [2.24, 2.45) is 0 Å². The van der Waals surface area contributed by atoms with Crippen molar-refractivity contribution >= 4 is 5.91 Å². The maximum Gasteiger partial charge on any atom is 0.227 e. The summed E-state index contributed by atoms with van der Waals surface area (Å²) in [5.41, 5.74) is 1.15. The Hall–Kier alpha value is -2.18. The van der Waals surface area contributed by atoms with Crippen LogP contribution in [0.4, 0.5) is 0 Å². The lowest BCUT2D eigenvalue weighted by atomic mass is 10.1. The third kappa shape index (κ3) is 4.01. The van der Waals surface area contributed by atoms with E-state index in [-0.39, 0.29) is 11.9 Å². The Balaban J connectivity index is 1.52. The molecule has 1 fully saturated rings. The molecule has 0 radical (unpaired) electrons. The van der Waals surface area contributed by atoms with Gasteiger partial charge < -0.3 is 9.42 Å². The third-order valence-corrected chi connectivity index (χ3v) is 4.39. The minimum absolute atomic E-state index is 0.152. The molecule has 0 bridgehead atoms. The number of carbonyl (C=O) groups excluding carboxylic acids is 1. The number of hydrogen-bond donors (Lipinski definition) is 0. The highest BCUT2D eigenvalue weighted by atomic mass is 16.5. The van der Waals surface area contributed by atoms with Gasteiger partial charge in [0.05, 0.1) is 12.2 Å². The van der Waals surface area contributed by atoms with Gasteiger partial charge in [-0.05, 0) is 31.7 Å². The summed E-state index contributed by atoms with van der Waals surface area (Å²) in [5.74, 6) is 1.44. The molecule has 1 aliphatic rings. The first kappa shape index (κ1) is 16.7. The van der Waals surface area contributed by atoms with Crippen molar-refractivity contribution in [2.75, 3.05) is 13.1 Å². The van der Waals surface area contributed by atoms with E-state index in [9.17, 15) is 4.79 Å². The predicted molar refractivity (Wildman–Crippen MR) is 88.4 cm³/mol. The van der Waals surface area contributed by atoms with Crippen molar-refractivity contribution in [1.29, 1.82) is 0 Å². The first-order valence-corrected chi connectivity index (χ1v) is 8.75. The van der Waals surface area contributed by atoms with E-state index in [0.717, 1.165) is 50.2 Å². The number of carbonyl (C=O) groups is 1. The second-order valence-corrected chi connectivity index (χ2v) is 6.49. The molecule has 0 saturated carbocycles. The topological polar surface area (TPSA) is 77.0 Å². The zero-order chi connectivity index (χ0) is 16.9. The quantitative estimate of drug-likeness (QED) is 0.812. The summed E-state index contributed by atoms with van der Waals surface area (Å²) >= 11 is 0. The Morgan fingerprint density at radius 2 is 2.29 bits per heavy atom. The first-order valence-electron chi connectivity index (χ1n) is 8.75. The van der Waals surface area contributed by atoms with Gasteiger partial charge >= 0.3 is 0 Å². The molecule has 3 rings (SSSR count). The number of nitrogens with zero attached hydrogens (tertiary/aromatic N) is 5. The van der Waals surface area contributed by atoms with Crippen LogP contribution in [0.25, 0.3) is 0 Å². The molecule has 130 valence electrons. The summed E-state index contributed by atoms with van der Waals surface area (Å²) in [5, 5.41) is 8.32. The van der Waals surface area contributed by atoms with Crippen LogP contribution in [0.1, 0.15) is 55.9 Å². The van der Waals surface area contributed by atoms with Gasteiger partial charge in [0.1, 0.15) is 0 Å². The van der Waals surface area contributed by atoms with Crippen molar-refractivity contribution in [3.63, 3.8) is 0 Å². The molecule has 1 amide bonds. The Morgan fingerprint density at radius 1 is 1.42 bits per heavy atom. The number of likely N-dealkylation sites (tertiary alicyclic amines) is 1. The fraction of sp³-hybridized carbons (Fsp3) is 0.647. The molecule has 0 aliphatic carbocycles. The van der Waals surface area contributed by atoms with Gasteiger partial charge in [-0.25, -0.2) is 0 Å². The van der Waals surface area contributed by atoms with Gasteiger partial charge in [0.15, 0.2) is 5.82 Å². The first-order chi connectivity index (χ1) is 11.7. The Morgan fingerprint density at radius 3 is 3.04 bits per heavy atom. The highest BCUT2D eigenvalue weighted by Gasteiger charge is 2.25. The molecule has 0 unspecified atom stereocenters. The average Bonchev–Trinajstić information content (AvgIpc) is 3.22. The molecule has 0 spiro atoms. The highest BCUT2D eigenvalue weighted by molar-refractivity contribution is 5.76. The van der Waals surface area contributed by atoms with Gasteiger partial charge in [0.25, 0.3) is 0 Å². The number of rotatable bonds is 6. The van der Waals surface area contributed by atoms with Crippen LogP contribution in [0.5, 0.6) is 0 Å². The van der Waals surface area contributed by atoms with Crippen LogP contribution in [-0.2, 0) is 17.6 Å². The van der Waals surface area contributed by atoms with Crippen LogP contribution in [-0.4, -0.2) is 43.8 Å². The van der Waals surface area contributed by atoms with Crippen molar-refractivity contribution in [2.45, 2.75) is 58.4 Å². The maximum absolute atomic E-state index is 12.5. The van der Waals surface area contributed by atoms with E-state index in [1.54, 1.807) is 0 Å². The second kappa shape index (κ2) is 7.59. The number of aryl methyl sites for hydroxylation is 3. The van der Waals surface area contributed by atoms with E-state index in [2.05, 4.69) is 22.2 Å². The van der Waals surface area contributed by atoms with Crippen molar-refractivity contribution in [1.82, 2.24) is 24.8 Å². The molecule has 1 atom stereocenters. The van der Waals surface area contributed by atoms with E-state index in [1.165, 1.54) is 0 Å². The Bertz CT molecular complexity index is 678. The lowest BCUT2D eigenvalue weighted by Gasteiger charge is -2.32. The minimum atomic E-state index is 0.152. The monoisotopic (exact) mass is 331 g/mol. The van der Waals surface area contributed by atoms with Gasteiger partial charge in [-0.1, -0.05) is 12.1 Å². The highest BCUT2D eigenvalue weighted by Crippen LogP contribution is 2.22. The fourth-order valence-electron chi connectivity index (χ4n) is 3.12. The Labute approximate surface area is 142 Å². The molecule has 24 heavy (non-hydrogen) atoms. The van der Waals surface area contributed by atoms with Crippen LogP contribution < -0.4 is 0 Å². The van der Waals surface area contributed by atoms with E-state index >= 15 is 0 Å². The number of hydrogen-bond acceptors (Lipinski definition) is 5. The normalized spacial score (nSPS) is 18.1. The summed E-state index contributed by atoms with van der Waals surface area (Å²) in [4.78, 5) is 18.8. The SMILES string of the molecule is CCCc1noc(CCC(=O)N2CCC[C@@H](n3cc(C)cn3)C2)n1. The molecule has 2 aromatic heterocycles. The van der Waals surface area contributed by atoms with Gasteiger partial charge in [-0.2, -0.15) is 10.1 Å². The second-order valence-electron chi connectivity index (χ2n) is 6.49. The Kier molecular flexibility index (Phi) is 5.27. The van der Waals surface area contributed by atoms with Crippen LogP contribution in [0.15, 0.2) is 16.9 Å². The number of amides is 1. The molecule has 7 heteroatoms. The summed E-state index contributed by atoms with van der Waals surface area (Å²) in [6, 6.07) is 0.274. The third-order valence-electron chi connectivity index (χ3n) is 4.39. The van der Waals surface area contributed by atoms with E-state index in [4.69, 9.17) is 4.52 Å². The predicted octanol–water partition coefficient (Wildman–Crippen LogP) is 2.32. The molecule has 1 aliphatic heterocycles. The molecular weight excluding hydrogens is 306 g/mol. The number of aromatic nitrogens is 4. The minimum Gasteiger partial charge on any atom is -0.341 e. The van der Waals surface area contributed by atoms with E-state index in [1.807, 2.05) is 28.9 Å². The summed E-state index contributed by atoms with van der Waals surface area (Å²) in [6.45, 7) is 5.66. The van der Waals surface area contributed by atoms with Gasteiger partial charge in [0.2, 0.25) is 11.8 Å². The van der Waals surface area contributed by atoms with Crippen LogP contribution in [0.3, 0.4) is 0 Å². The van der Waals surface area contributed by atoms with Crippen molar-refractivity contribution < 1.29 is 9.32 Å². The van der Waals surface area contributed by atoms with Crippen molar-refractivity contribution in [3.8, 4) is 0 Å². The van der Waals surface area contributed by atoms with E-state index < -0.39 is 0 Å². The fourth-order valence-corrected chi connectivity index (χ4v) is 3.12. The molecule has 0 N–H and O–H groups in total. The summed E-state index contributed by atoms with van der Waals surface area (Å²) in [7, 11) is 0. The standard InChI is InChI=1S/C17H25N5O2/c1-3-5-15-19-16(24-20-15)7-8-17(23)21-9-4-6-14(12-21)22-11-13(2)10-18-22/h10-11,14H,3-9,12H2,1-2H3/t14-/m1/s1. The number of piperidine rings is 1. The molecule has 3 heterocycles. The van der Waals surface area contributed by atoms with E-state index in [0.29, 0.717) is 18.7 Å². The largest absolute Gasteiger partial charge is 0.341 e. The zero-order valence-electron chi connectivity index (χ0n) is 14.4.